The fourth-order valence-corrected chi connectivity index (χ4v) is 4.07. The molecule has 3 aromatic rings. The molecule has 0 aliphatic carbocycles. The van der Waals surface area contributed by atoms with E-state index in [1.165, 1.54) is 11.1 Å². The van der Waals surface area contributed by atoms with Crippen molar-refractivity contribution in [2.24, 2.45) is 0 Å². The second-order valence-corrected chi connectivity index (χ2v) is 8.49. The molecule has 1 aliphatic heterocycles. The van der Waals surface area contributed by atoms with Gasteiger partial charge in [-0.15, -0.1) is 0 Å². The van der Waals surface area contributed by atoms with Crippen molar-refractivity contribution >= 4 is 17.5 Å². The molecule has 0 radical (unpaired) electrons. The highest BCUT2D eigenvalue weighted by Gasteiger charge is 2.28. The predicted molar refractivity (Wildman–Crippen MR) is 124 cm³/mol. The minimum atomic E-state index is -0.107. The fraction of sp³-hybridized carbons (Fsp3) is 0.360. The molecule has 1 fully saturated rings. The van der Waals surface area contributed by atoms with E-state index in [1.807, 2.05) is 54.3 Å². The second kappa shape index (κ2) is 10.2. The van der Waals surface area contributed by atoms with Crippen molar-refractivity contribution in [2.75, 3.05) is 26.2 Å². The summed E-state index contributed by atoms with van der Waals surface area (Å²) in [5.41, 5.74) is 3.48. The first-order chi connectivity index (χ1) is 15.5. The molecule has 1 aliphatic rings. The second-order valence-electron chi connectivity index (χ2n) is 8.05. The summed E-state index contributed by atoms with van der Waals surface area (Å²) in [6.45, 7) is 7.87. The van der Waals surface area contributed by atoms with Crippen molar-refractivity contribution in [2.45, 2.75) is 33.4 Å². The van der Waals surface area contributed by atoms with Gasteiger partial charge in [0.05, 0.1) is 5.56 Å². The number of nitrogens with zero attached hydrogens (tertiary/aromatic N) is 3. The molecule has 0 saturated carbocycles. The number of halogens is 1. The smallest absolute Gasteiger partial charge is 0.276 e. The van der Waals surface area contributed by atoms with Gasteiger partial charge in [-0.3, -0.25) is 9.69 Å². The van der Waals surface area contributed by atoms with Gasteiger partial charge in [-0.25, -0.2) is 0 Å². The molecule has 1 saturated heterocycles. The molecule has 1 amide bonds. The Morgan fingerprint density at radius 3 is 2.53 bits per heavy atom. The number of amides is 1. The van der Waals surface area contributed by atoms with Gasteiger partial charge in [-0.1, -0.05) is 47.9 Å². The number of aromatic nitrogens is 1. The van der Waals surface area contributed by atoms with Crippen LogP contribution in [0.5, 0.6) is 5.75 Å². The van der Waals surface area contributed by atoms with E-state index in [0.717, 1.165) is 36.8 Å². The zero-order chi connectivity index (χ0) is 22.5. The summed E-state index contributed by atoms with van der Waals surface area (Å²) in [5.74, 6) is 1.26. The van der Waals surface area contributed by atoms with Gasteiger partial charge in [-0.2, -0.15) is 0 Å². The highest BCUT2D eigenvalue weighted by Crippen LogP contribution is 2.21. The summed E-state index contributed by atoms with van der Waals surface area (Å²) >= 11 is 6.09. The molecule has 4 rings (SSSR count). The standard InChI is InChI=1S/C25H28ClN3O3/c1-3-19-7-9-22(10-8-19)31-17-23-18(2)32-27-24(23)25(30)29-13-11-28(12-14-29)16-20-5-4-6-21(26)15-20/h4-10,15H,3,11-14,16-17H2,1-2H3. The fourth-order valence-electron chi connectivity index (χ4n) is 3.86. The summed E-state index contributed by atoms with van der Waals surface area (Å²) in [7, 11) is 0. The lowest BCUT2D eigenvalue weighted by molar-refractivity contribution is 0.0616. The van der Waals surface area contributed by atoms with E-state index in [0.29, 0.717) is 30.1 Å². The number of carbonyl (C=O) groups is 1. The van der Waals surface area contributed by atoms with Gasteiger partial charge in [0.2, 0.25) is 0 Å². The van der Waals surface area contributed by atoms with Gasteiger partial charge in [0.25, 0.3) is 5.91 Å². The Balaban J connectivity index is 1.35. The van der Waals surface area contributed by atoms with Crippen molar-refractivity contribution in [1.29, 1.82) is 0 Å². The van der Waals surface area contributed by atoms with E-state index in [-0.39, 0.29) is 12.5 Å². The molecular weight excluding hydrogens is 426 g/mol. The minimum absolute atomic E-state index is 0.107. The molecule has 0 spiro atoms. The van der Waals surface area contributed by atoms with E-state index in [9.17, 15) is 4.79 Å². The number of carbonyl (C=O) groups excluding carboxylic acids is 1. The molecule has 2 aromatic carbocycles. The predicted octanol–water partition coefficient (Wildman–Crippen LogP) is 4.74. The van der Waals surface area contributed by atoms with Gasteiger partial charge >= 0.3 is 0 Å². The molecule has 0 bridgehead atoms. The van der Waals surface area contributed by atoms with Gasteiger partial charge in [0, 0.05) is 37.7 Å². The lowest BCUT2D eigenvalue weighted by atomic mass is 10.1. The van der Waals surface area contributed by atoms with E-state index in [2.05, 4.69) is 23.0 Å². The van der Waals surface area contributed by atoms with E-state index >= 15 is 0 Å². The Morgan fingerprint density at radius 1 is 1.09 bits per heavy atom. The van der Waals surface area contributed by atoms with Crippen LogP contribution in [0.4, 0.5) is 0 Å². The third-order valence-electron chi connectivity index (χ3n) is 5.86. The van der Waals surface area contributed by atoms with Crippen LogP contribution in [0, 0.1) is 6.92 Å². The maximum absolute atomic E-state index is 13.2. The highest BCUT2D eigenvalue weighted by atomic mass is 35.5. The van der Waals surface area contributed by atoms with Crippen LogP contribution < -0.4 is 4.74 Å². The molecule has 168 valence electrons. The lowest BCUT2D eigenvalue weighted by Crippen LogP contribution is -2.48. The molecule has 2 heterocycles. The monoisotopic (exact) mass is 453 g/mol. The number of piperazine rings is 1. The largest absolute Gasteiger partial charge is 0.489 e. The Morgan fingerprint density at radius 2 is 1.84 bits per heavy atom. The number of hydrogen-bond donors (Lipinski definition) is 0. The van der Waals surface area contributed by atoms with Crippen molar-refractivity contribution in [3.8, 4) is 5.75 Å². The number of ether oxygens (including phenoxy) is 1. The highest BCUT2D eigenvalue weighted by molar-refractivity contribution is 6.30. The van der Waals surface area contributed by atoms with E-state index in [1.54, 1.807) is 0 Å². The summed E-state index contributed by atoms with van der Waals surface area (Å²) < 4.78 is 11.3. The molecule has 0 N–H and O–H groups in total. The van der Waals surface area contributed by atoms with Crippen LogP contribution in [0.25, 0.3) is 0 Å². The molecule has 0 atom stereocenters. The Hall–Kier alpha value is -2.83. The Kier molecular flexibility index (Phi) is 7.12. The molecular formula is C25H28ClN3O3. The average molecular weight is 454 g/mol. The van der Waals surface area contributed by atoms with Crippen molar-refractivity contribution in [1.82, 2.24) is 15.0 Å². The quantitative estimate of drug-likeness (QED) is 0.517. The third-order valence-corrected chi connectivity index (χ3v) is 6.09. The zero-order valence-corrected chi connectivity index (χ0v) is 19.3. The average Bonchev–Trinajstić information content (AvgIpc) is 3.18. The lowest BCUT2D eigenvalue weighted by Gasteiger charge is -2.34. The van der Waals surface area contributed by atoms with Crippen molar-refractivity contribution < 1.29 is 14.1 Å². The zero-order valence-electron chi connectivity index (χ0n) is 18.5. The molecule has 6 nitrogen and oxygen atoms in total. The summed E-state index contributed by atoms with van der Waals surface area (Å²) in [6, 6.07) is 15.9. The number of rotatable bonds is 7. The summed E-state index contributed by atoms with van der Waals surface area (Å²) in [5, 5.41) is 4.80. The number of aryl methyl sites for hydroxylation is 2. The maximum atomic E-state index is 13.2. The topological polar surface area (TPSA) is 58.8 Å². The first-order valence-corrected chi connectivity index (χ1v) is 11.3. The summed E-state index contributed by atoms with van der Waals surface area (Å²) in [4.78, 5) is 17.3. The SMILES string of the molecule is CCc1ccc(OCc2c(C(=O)N3CCN(Cc4cccc(Cl)c4)CC3)noc2C)cc1. The maximum Gasteiger partial charge on any atom is 0.276 e. The van der Waals surface area contributed by atoms with Crippen LogP contribution in [-0.2, 0) is 19.6 Å². The van der Waals surface area contributed by atoms with Crippen LogP contribution in [-0.4, -0.2) is 47.0 Å². The Labute approximate surface area is 193 Å². The van der Waals surface area contributed by atoms with Gasteiger partial charge in [0.15, 0.2) is 5.69 Å². The normalized spacial score (nSPS) is 14.5. The molecule has 0 unspecified atom stereocenters. The molecule has 32 heavy (non-hydrogen) atoms. The van der Waals surface area contributed by atoms with Crippen LogP contribution in [0.3, 0.4) is 0 Å². The van der Waals surface area contributed by atoms with Crippen molar-refractivity contribution in [3.05, 3.63) is 81.7 Å². The van der Waals surface area contributed by atoms with Gasteiger partial charge in [-0.05, 0) is 48.7 Å². The van der Waals surface area contributed by atoms with E-state index < -0.39 is 0 Å². The molecule has 1 aromatic heterocycles. The van der Waals surface area contributed by atoms with E-state index in [4.69, 9.17) is 20.9 Å². The third kappa shape index (κ3) is 5.31. The number of benzene rings is 2. The van der Waals surface area contributed by atoms with Crippen LogP contribution in [0.15, 0.2) is 53.1 Å². The van der Waals surface area contributed by atoms with Crippen LogP contribution in [0.2, 0.25) is 5.02 Å². The van der Waals surface area contributed by atoms with Gasteiger partial charge < -0.3 is 14.2 Å². The number of hydrogen-bond acceptors (Lipinski definition) is 5. The van der Waals surface area contributed by atoms with Crippen molar-refractivity contribution in [3.63, 3.8) is 0 Å². The first-order valence-electron chi connectivity index (χ1n) is 11.0. The van der Waals surface area contributed by atoms with Crippen LogP contribution >= 0.6 is 11.6 Å². The van der Waals surface area contributed by atoms with Crippen LogP contribution in [0.1, 0.15) is 39.9 Å². The Bertz CT molecular complexity index is 1060. The molecule has 7 heteroatoms. The minimum Gasteiger partial charge on any atom is -0.489 e. The first kappa shape index (κ1) is 22.4. The van der Waals surface area contributed by atoms with Gasteiger partial charge in [0.1, 0.15) is 18.1 Å². The summed E-state index contributed by atoms with van der Waals surface area (Å²) in [6.07, 6.45) is 0.982.